The van der Waals surface area contributed by atoms with E-state index in [0.717, 1.165) is 0 Å². The van der Waals surface area contributed by atoms with Crippen molar-refractivity contribution in [2.75, 3.05) is 55.5 Å². The van der Waals surface area contributed by atoms with Crippen molar-refractivity contribution in [2.24, 2.45) is 0 Å². The van der Waals surface area contributed by atoms with Crippen molar-refractivity contribution in [3.63, 3.8) is 0 Å². The highest BCUT2D eigenvalue weighted by Crippen LogP contribution is 2.33. The summed E-state index contributed by atoms with van der Waals surface area (Å²) in [5, 5.41) is 2.78. The van der Waals surface area contributed by atoms with Crippen molar-refractivity contribution in [1.29, 1.82) is 0 Å². The quantitative estimate of drug-likeness (QED) is 0.490. The Labute approximate surface area is 204 Å². The summed E-state index contributed by atoms with van der Waals surface area (Å²) in [6, 6.07) is 18.3. The molecule has 1 amide bonds. The van der Waals surface area contributed by atoms with Gasteiger partial charge < -0.3 is 24.4 Å². The molecule has 0 aromatic heterocycles. The number of amides is 1. The first kappa shape index (κ1) is 24.4. The molecule has 1 aliphatic heterocycles. The van der Waals surface area contributed by atoms with Gasteiger partial charge in [-0.15, -0.1) is 0 Å². The van der Waals surface area contributed by atoms with Crippen molar-refractivity contribution in [3.05, 3.63) is 72.3 Å². The van der Waals surface area contributed by atoms with Gasteiger partial charge in [0.05, 0.1) is 38.8 Å². The number of carbonyl (C=O) groups excluding carboxylic acids is 1. The average molecular weight is 498 g/mol. The lowest BCUT2D eigenvalue weighted by atomic mass is 10.2. The molecule has 1 heterocycles. The molecule has 0 saturated carbocycles. The number of methoxy groups -OCH3 is 2. The Balaban J connectivity index is 1.69. The van der Waals surface area contributed by atoms with E-state index in [1.807, 2.05) is 4.90 Å². The molecule has 10 heteroatoms. The van der Waals surface area contributed by atoms with Gasteiger partial charge in [0.2, 0.25) is 0 Å². The van der Waals surface area contributed by atoms with Crippen LogP contribution in [0.15, 0.2) is 71.6 Å². The Kier molecular flexibility index (Phi) is 7.42. The molecule has 0 radical (unpaired) electrons. The maximum absolute atomic E-state index is 13.6. The molecule has 35 heavy (non-hydrogen) atoms. The zero-order valence-corrected chi connectivity index (χ0v) is 20.3. The molecule has 4 rings (SSSR count). The van der Waals surface area contributed by atoms with Gasteiger partial charge >= 0.3 is 0 Å². The Morgan fingerprint density at radius 1 is 0.943 bits per heavy atom. The molecule has 184 valence electrons. The van der Waals surface area contributed by atoms with E-state index in [-0.39, 0.29) is 10.8 Å². The van der Waals surface area contributed by atoms with Crippen LogP contribution in [0.5, 0.6) is 11.5 Å². The number of nitrogens with zero attached hydrogens (tertiary/aromatic N) is 1. The number of hydrogen-bond acceptors (Lipinski definition) is 7. The van der Waals surface area contributed by atoms with Crippen LogP contribution in [0.3, 0.4) is 0 Å². The number of nitrogens with one attached hydrogen (secondary N) is 2. The van der Waals surface area contributed by atoms with E-state index in [2.05, 4.69) is 10.0 Å². The predicted octanol–water partition coefficient (Wildman–Crippen LogP) is 3.59. The van der Waals surface area contributed by atoms with Crippen LogP contribution in [0.2, 0.25) is 0 Å². The van der Waals surface area contributed by atoms with Crippen LogP contribution in [-0.2, 0) is 14.8 Å². The van der Waals surface area contributed by atoms with Crippen LogP contribution in [0.1, 0.15) is 10.4 Å². The van der Waals surface area contributed by atoms with E-state index in [1.165, 1.54) is 20.3 Å². The third-order valence-electron chi connectivity index (χ3n) is 5.54. The van der Waals surface area contributed by atoms with Crippen molar-refractivity contribution in [1.82, 2.24) is 0 Å². The maximum atomic E-state index is 13.6. The summed E-state index contributed by atoms with van der Waals surface area (Å²) in [5.41, 5.74) is 1.57. The summed E-state index contributed by atoms with van der Waals surface area (Å²) >= 11 is 0. The van der Waals surface area contributed by atoms with E-state index in [0.29, 0.717) is 60.4 Å². The van der Waals surface area contributed by atoms with Gasteiger partial charge in [-0.2, -0.15) is 0 Å². The minimum Gasteiger partial charge on any atom is -0.497 e. The summed E-state index contributed by atoms with van der Waals surface area (Å²) < 4.78 is 45.7. The second-order valence-corrected chi connectivity index (χ2v) is 9.42. The minimum absolute atomic E-state index is 0.0359. The van der Waals surface area contributed by atoms with Crippen LogP contribution >= 0.6 is 0 Å². The Morgan fingerprint density at radius 2 is 1.71 bits per heavy atom. The highest BCUT2D eigenvalue weighted by Gasteiger charge is 2.25. The first-order valence-corrected chi connectivity index (χ1v) is 12.5. The lowest BCUT2D eigenvalue weighted by Gasteiger charge is -2.30. The fourth-order valence-corrected chi connectivity index (χ4v) is 5.09. The number of carbonyl (C=O) groups is 1. The number of anilines is 3. The molecule has 1 aliphatic rings. The summed E-state index contributed by atoms with van der Waals surface area (Å²) in [4.78, 5) is 14.8. The highest BCUT2D eigenvalue weighted by atomic mass is 32.2. The standard InChI is InChI=1S/C25H27N3O6S/c1-32-20-7-5-6-18(16-20)25(29)26-19-10-11-22(28-12-14-34-15-13-28)24(17-19)35(30,31)27-21-8-3-4-9-23(21)33-2/h3-11,16-17,27H,12-15H2,1-2H3,(H,26,29). The largest absolute Gasteiger partial charge is 0.497 e. The predicted molar refractivity (Wildman–Crippen MR) is 134 cm³/mol. The van der Waals surface area contributed by atoms with Crippen molar-refractivity contribution >= 4 is 33.0 Å². The first-order chi connectivity index (χ1) is 16.9. The summed E-state index contributed by atoms with van der Waals surface area (Å²) in [7, 11) is -1.05. The Hall–Kier alpha value is -3.76. The van der Waals surface area contributed by atoms with Gasteiger partial charge in [0, 0.05) is 24.3 Å². The summed E-state index contributed by atoms with van der Waals surface area (Å²) in [5.74, 6) is 0.556. The van der Waals surface area contributed by atoms with E-state index in [4.69, 9.17) is 14.2 Å². The maximum Gasteiger partial charge on any atom is 0.264 e. The van der Waals surface area contributed by atoms with E-state index >= 15 is 0 Å². The van der Waals surface area contributed by atoms with E-state index in [9.17, 15) is 13.2 Å². The smallest absolute Gasteiger partial charge is 0.264 e. The Morgan fingerprint density at radius 3 is 2.46 bits per heavy atom. The number of benzene rings is 3. The molecular weight excluding hydrogens is 470 g/mol. The third kappa shape index (κ3) is 5.67. The topological polar surface area (TPSA) is 106 Å². The van der Waals surface area contributed by atoms with Crippen LogP contribution in [0.4, 0.5) is 17.1 Å². The second kappa shape index (κ2) is 10.7. The number of ether oxygens (including phenoxy) is 3. The number of morpholine rings is 1. The molecule has 9 nitrogen and oxygen atoms in total. The molecular formula is C25H27N3O6S. The van der Waals surface area contributed by atoms with Crippen molar-refractivity contribution < 1.29 is 27.4 Å². The lowest BCUT2D eigenvalue weighted by Crippen LogP contribution is -2.37. The van der Waals surface area contributed by atoms with Gasteiger partial charge in [-0.25, -0.2) is 8.42 Å². The van der Waals surface area contributed by atoms with Crippen LogP contribution < -0.4 is 24.4 Å². The van der Waals surface area contributed by atoms with Crippen LogP contribution in [-0.4, -0.2) is 54.8 Å². The average Bonchev–Trinajstić information content (AvgIpc) is 2.89. The molecule has 0 aliphatic carbocycles. The van der Waals surface area contributed by atoms with E-state index < -0.39 is 10.0 Å². The monoisotopic (exact) mass is 497 g/mol. The summed E-state index contributed by atoms with van der Waals surface area (Å²) in [6.45, 7) is 2.08. The zero-order chi connectivity index (χ0) is 24.8. The van der Waals surface area contributed by atoms with Gasteiger partial charge in [-0.05, 0) is 48.5 Å². The number of para-hydroxylation sites is 2. The Bertz CT molecular complexity index is 1310. The second-order valence-electron chi connectivity index (χ2n) is 7.77. The molecule has 3 aromatic carbocycles. The number of sulfonamides is 1. The normalized spacial score (nSPS) is 13.7. The number of rotatable bonds is 8. The molecule has 0 bridgehead atoms. The molecule has 0 atom stereocenters. The number of hydrogen-bond donors (Lipinski definition) is 2. The lowest BCUT2D eigenvalue weighted by molar-refractivity contribution is 0.102. The molecule has 1 fully saturated rings. The van der Waals surface area contributed by atoms with Gasteiger partial charge in [-0.1, -0.05) is 18.2 Å². The van der Waals surface area contributed by atoms with E-state index in [1.54, 1.807) is 60.7 Å². The van der Waals surface area contributed by atoms with Crippen LogP contribution in [0.25, 0.3) is 0 Å². The first-order valence-electron chi connectivity index (χ1n) is 11.0. The fraction of sp³-hybridized carbons (Fsp3) is 0.240. The molecule has 2 N–H and O–H groups in total. The third-order valence-corrected chi connectivity index (χ3v) is 6.94. The molecule has 3 aromatic rings. The van der Waals surface area contributed by atoms with Gasteiger partial charge in [0.1, 0.15) is 16.4 Å². The van der Waals surface area contributed by atoms with Gasteiger partial charge in [-0.3, -0.25) is 9.52 Å². The van der Waals surface area contributed by atoms with Crippen molar-refractivity contribution in [3.8, 4) is 11.5 Å². The molecule has 0 spiro atoms. The molecule has 0 unspecified atom stereocenters. The van der Waals surface area contributed by atoms with Crippen molar-refractivity contribution in [2.45, 2.75) is 4.90 Å². The fourth-order valence-electron chi connectivity index (χ4n) is 3.77. The minimum atomic E-state index is -4.04. The summed E-state index contributed by atoms with van der Waals surface area (Å²) in [6.07, 6.45) is 0. The highest BCUT2D eigenvalue weighted by molar-refractivity contribution is 7.93. The molecule has 1 saturated heterocycles. The SMILES string of the molecule is COc1cccc(C(=O)Nc2ccc(N3CCOCC3)c(S(=O)(=O)Nc3ccccc3OC)c2)c1. The van der Waals surface area contributed by atoms with Crippen LogP contribution in [0, 0.1) is 0 Å². The van der Waals surface area contributed by atoms with Gasteiger partial charge in [0.15, 0.2) is 0 Å². The zero-order valence-electron chi connectivity index (χ0n) is 19.5. The van der Waals surface area contributed by atoms with Gasteiger partial charge in [0.25, 0.3) is 15.9 Å².